The molecule has 0 fully saturated rings. The highest BCUT2D eigenvalue weighted by Gasteiger charge is 2.34. The van der Waals surface area contributed by atoms with Gasteiger partial charge in [-0.1, -0.05) is 48.5 Å². The van der Waals surface area contributed by atoms with Crippen LogP contribution in [0.3, 0.4) is 0 Å². The van der Waals surface area contributed by atoms with Crippen molar-refractivity contribution >= 4 is 33.7 Å². The van der Waals surface area contributed by atoms with Gasteiger partial charge in [0.25, 0.3) is 11.8 Å². The summed E-state index contributed by atoms with van der Waals surface area (Å²) in [6.07, 6.45) is 0. The highest BCUT2D eigenvalue weighted by atomic mass is 79.9. The number of fused-ring (bicyclic) bond motifs is 1. The van der Waals surface area contributed by atoms with E-state index in [0.717, 1.165) is 16.0 Å². The molecule has 0 saturated carbocycles. The Morgan fingerprint density at radius 1 is 0.839 bits per heavy atom. The fourth-order valence-electron chi connectivity index (χ4n) is 3.30. The van der Waals surface area contributed by atoms with Gasteiger partial charge < -0.3 is 9.47 Å². The number of imide groups is 1. The van der Waals surface area contributed by atoms with Crippen LogP contribution >= 0.6 is 15.9 Å². The average Bonchev–Trinajstić information content (AvgIpc) is 3.04. The highest BCUT2D eigenvalue weighted by molar-refractivity contribution is 9.10. The molecule has 1 aliphatic rings. The van der Waals surface area contributed by atoms with Gasteiger partial charge in [0, 0.05) is 0 Å². The second-order valence-electron chi connectivity index (χ2n) is 6.83. The first kappa shape index (κ1) is 20.8. The fraction of sp³-hybridized carbons (Fsp3) is 0.125. The number of carbonyl (C=O) groups is 3. The molecule has 0 aromatic heterocycles. The Morgan fingerprint density at radius 2 is 1.48 bits per heavy atom. The maximum absolute atomic E-state index is 12.3. The van der Waals surface area contributed by atoms with Crippen molar-refractivity contribution in [1.29, 1.82) is 0 Å². The molecule has 1 heterocycles. The molecule has 2 amide bonds. The Labute approximate surface area is 187 Å². The SMILES string of the molecule is O=C(COc1ccc(-c2ccccc2)cc1Br)OCCN1C(=O)c2ccccc2C1=O. The predicted molar refractivity (Wildman–Crippen MR) is 118 cm³/mol. The molecule has 0 aliphatic carbocycles. The number of carbonyl (C=O) groups excluding carboxylic acids is 3. The van der Waals surface area contributed by atoms with E-state index in [1.54, 1.807) is 30.3 Å². The third-order valence-electron chi connectivity index (χ3n) is 4.84. The van der Waals surface area contributed by atoms with Gasteiger partial charge in [0.15, 0.2) is 6.61 Å². The van der Waals surface area contributed by atoms with E-state index >= 15 is 0 Å². The first-order valence-corrected chi connectivity index (χ1v) is 10.4. The largest absolute Gasteiger partial charge is 0.481 e. The van der Waals surface area contributed by atoms with Crippen molar-refractivity contribution in [2.24, 2.45) is 0 Å². The molecule has 0 spiro atoms. The number of halogens is 1. The van der Waals surface area contributed by atoms with E-state index in [9.17, 15) is 14.4 Å². The highest BCUT2D eigenvalue weighted by Crippen LogP contribution is 2.30. The van der Waals surface area contributed by atoms with Crippen LogP contribution in [0.4, 0.5) is 0 Å². The van der Waals surface area contributed by atoms with Crippen LogP contribution in [-0.2, 0) is 9.53 Å². The molecule has 0 atom stereocenters. The third kappa shape index (κ3) is 4.51. The Morgan fingerprint density at radius 3 is 2.13 bits per heavy atom. The maximum atomic E-state index is 12.3. The van der Waals surface area contributed by atoms with Crippen LogP contribution in [-0.4, -0.2) is 42.4 Å². The summed E-state index contributed by atoms with van der Waals surface area (Å²) in [6, 6.07) is 22.1. The molecule has 4 rings (SSSR count). The first-order chi connectivity index (χ1) is 15.0. The normalized spacial score (nSPS) is 12.6. The molecule has 0 bridgehead atoms. The van der Waals surface area contributed by atoms with Crippen molar-refractivity contribution in [3.8, 4) is 16.9 Å². The molecule has 0 unspecified atom stereocenters. The zero-order valence-corrected chi connectivity index (χ0v) is 18.0. The molecule has 1 aliphatic heterocycles. The molecule has 0 radical (unpaired) electrons. The minimum atomic E-state index is -0.587. The number of hydrogen-bond acceptors (Lipinski definition) is 5. The molecule has 0 saturated heterocycles. The van der Waals surface area contributed by atoms with E-state index in [1.807, 2.05) is 42.5 Å². The summed E-state index contributed by atoms with van der Waals surface area (Å²) in [5.41, 5.74) is 2.82. The summed E-state index contributed by atoms with van der Waals surface area (Å²) in [6.45, 7) is -0.388. The minimum Gasteiger partial charge on any atom is -0.481 e. The van der Waals surface area contributed by atoms with Crippen LogP contribution in [0.25, 0.3) is 11.1 Å². The zero-order valence-electron chi connectivity index (χ0n) is 16.4. The van der Waals surface area contributed by atoms with Crippen LogP contribution in [0, 0.1) is 0 Å². The zero-order chi connectivity index (χ0) is 21.8. The van der Waals surface area contributed by atoms with Crippen molar-refractivity contribution in [1.82, 2.24) is 4.90 Å². The number of nitrogens with zero attached hydrogens (tertiary/aromatic N) is 1. The lowest BCUT2D eigenvalue weighted by Crippen LogP contribution is -2.33. The quantitative estimate of drug-likeness (QED) is 0.372. The van der Waals surface area contributed by atoms with Gasteiger partial charge in [0.05, 0.1) is 22.1 Å². The number of ether oxygens (including phenoxy) is 2. The van der Waals surface area contributed by atoms with Gasteiger partial charge in [-0.3, -0.25) is 14.5 Å². The molecule has 31 heavy (non-hydrogen) atoms. The lowest BCUT2D eigenvalue weighted by molar-refractivity contribution is -0.146. The van der Waals surface area contributed by atoms with E-state index in [0.29, 0.717) is 21.3 Å². The van der Waals surface area contributed by atoms with Gasteiger partial charge in [-0.05, 0) is 51.3 Å². The van der Waals surface area contributed by atoms with Gasteiger partial charge >= 0.3 is 5.97 Å². The number of amides is 2. The topological polar surface area (TPSA) is 72.9 Å². The average molecular weight is 480 g/mol. The summed E-state index contributed by atoms with van der Waals surface area (Å²) >= 11 is 3.46. The molecule has 3 aromatic carbocycles. The number of benzene rings is 3. The number of hydrogen-bond donors (Lipinski definition) is 0. The van der Waals surface area contributed by atoms with Crippen LogP contribution in [0.1, 0.15) is 20.7 Å². The summed E-state index contributed by atoms with van der Waals surface area (Å²) in [7, 11) is 0. The second kappa shape index (κ2) is 9.14. The standard InChI is InChI=1S/C24H18BrNO5/c25-20-14-17(16-6-2-1-3-7-16)10-11-21(20)31-15-22(27)30-13-12-26-23(28)18-8-4-5-9-19(18)24(26)29/h1-11,14H,12-13,15H2. The lowest BCUT2D eigenvalue weighted by Gasteiger charge is -2.14. The summed E-state index contributed by atoms with van der Waals surface area (Å²) in [5.74, 6) is -0.835. The van der Waals surface area contributed by atoms with E-state index in [4.69, 9.17) is 9.47 Å². The Hall–Kier alpha value is -3.45. The van der Waals surface area contributed by atoms with Gasteiger partial charge in [-0.15, -0.1) is 0 Å². The van der Waals surface area contributed by atoms with Crippen molar-refractivity contribution in [3.05, 3.63) is 88.4 Å². The van der Waals surface area contributed by atoms with E-state index in [-0.39, 0.29) is 31.6 Å². The summed E-state index contributed by atoms with van der Waals surface area (Å²) in [4.78, 5) is 37.7. The van der Waals surface area contributed by atoms with Crippen LogP contribution in [0.15, 0.2) is 77.3 Å². The molecular formula is C24H18BrNO5. The molecule has 156 valence electrons. The smallest absolute Gasteiger partial charge is 0.344 e. The Kier molecular flexibility index (Phi) is 6.13. The number of esters is 1. The predicted octanol–water partition coefficient (Wildman–Crippen LogP) is 4.33. The van der Waals surface area contributed by atoms with Crippen LogP contribution in [0.5, 0.6) is 5.75 Å². The maximum Gasteiger partial charge on any atom is 0.344 e. The second-order valence-corrected chi connectivity index (χ2v) is 7.68. The Balaban J connectivity index is 1.27. The van der Waals surface area contributed by atoms with Crippen LogP contribution in [0.2, 0.25) is 0 Å². The van der Waals surface area contributed by atoms with Crippen molar-refractivity contribution < 1.29 is 23.9 Å². The fourth-order valence-corrected chi connectivity index (χ4v) is 3.79. The van der Waals surface area contributed by atoms with Crippen LogP contribution < -0.4 is 4.74 Å². The first-order valence-electron chi connectivity index (χ1n) is 9.63. The van der Waals surface area contributed by atoms with Gasteiger partial charge in [-0.2, -0.15) is 0 Å². The van der Waals surface area contributed by atoms with Crippen molar-refractivity contribution in [2.45, 2.75) is 0 Å². The van der Waals surface area contributed by atoms with E-state index < -0.39 is 5.97 Å². The Bertz CT molecular complexity index is 1110. The summed E-state index contributed by atoms with van der Waals surface area (Å²) in [5, 5.41) is 0. The van der Waals surface area contributed by atoms with E-state index in [2.05, 4.69) is 15.9 Å². The minimum absolute atomic E-state index is 0.00640. The third-order valence-corrected chi connectivity index (χ3v) is 5.46. The molecular weight excluding hydrogens is 462 g/mol. The molecule has 6 nitrogen and oxygen atoms in total. The molecule has 3 aromatic rings. The monoisotopic (exact) mass is 479 g/mol. The van der Waals surface area contributed by atoms with Crippen molar-refractivity contribution in [2.75, 3.05) is 19.8 Å². The summed E-state index contributed by atoms with van der Waals surface area (Å²) < 4.78 is 11.4. The number of rotatable bonds is 7. The molecule has 0 N–H and O–H groups in total. The van der Waals surface area contributed by atoms with Crippen molar-refractivity contribution in [3.63, 3.8) is 0 Å². The van der Waals surface area contributed by atoms with E-state index in [1.165, 1.54) is 0 Å². The van der Waals surface area contributed by atoms with Gasteiger partial charge in [0.1, 0.15) is 12.4 Å². The lowest BCUT2D eigenvalue weighted by atomic mass is 10.1. The van der Waals surface area contributed by atoms with Gasteiger partial charge in [-0.25, -0.2) is 4.79 Å². The van der Waals surface area contributed by atoms with Gasteiger partial charge in [0.2, 0.25) is 0 Å². The molecule has 7 heteroatoms.